The summed E-state index contributed by atoms with van der Waals surface area (Å²) in [7, 11) is 0. The van der Waals surface area contributed by atoms with E-state index in [9.17, 15) is 0 Å². The number of thioether (sulfide) groups is 1. The van der Waals surface area contributed by atoms with E-state index >= 15 is 0 Å². The van der Waals surface area contributed by atoms with Gasteiger partial charge >= 0.3 is 0 Å². The maximum atomic E-state index is 3.71. The molecule has 0 aromatic heterocycles. The molecule has 52 valence electrons. The minimum Gasteiger partial charge on any atom is -0.357 e. The standard InChI is InChI=1S/C5H7NS.C2H6/c1-5-6-3-2-4-7-5;1-2/h2-3,6H,1,4H2;1-2H3. The Morgan fingerprint density at radius 3 is 2.56 bits per heavy atom. The fraction of sp³-hybridized carbons (Fsp3) is 0.429. The molecule has 1 aliphatic rings. The SMILES string of the molecule is C=C1NC=CCS1.CC. The van der Waals surface area contributed by atoms with Gasteiger partial charge in [0.25, 0.3) is 0 Å². The molecule has 1 nitrogen and oxygen atoms in total. The van der Waals surface area contributed by atoms with Crippen molar-refractivity contribution in [2.75, 3.05) is 5.75 Å². The van der Waals surface area contributed by atoms with Gasteiger partial charge in [-0.3, -0.25) is 0 Å². The van der Waals surface area contributed by atoms with Crippen molar-refractivity contribution < 1.29 is 0 Å². The van der Waals surface area contributed by atoms with Crippen LogP contribution in [0.1, 0.15) is 13.8 Å². The first kappa shape index (κ1) is 8.63. The summed E-state index contributed by atoms with van der Waals surface area (Å²) in [5.41, 5.74) is 0. The predicted molar refractivity (Wildman–Crippen MR) is 45.2 cm³/mol. The first-order valence-electron chi connectivity index (χ1n) is 3.13. The van der Waals surface area contributed by atoms with Crippen LogP contribution in [-0.4, -0.2) is 5.75 Å². The van der Waals surface area contributed by atoms with Crippen LogP contribution in [0, 0.1) is 0 Å². The van der Waals surface area contributed by atoms with Crippen LogP contribution in [0.15, 0.2) is 23.9 Å². The molecule has 1 heterocycles. The van der Waals surface area contributed by atoms with Crippen LogP contribution < -0.4 is 5.32 Å². The van der Waals surface area contributed by atoms with Gasteiger partial charge in [0.15, 0.2) is 0 Å². The molecule has 0 radical (unpaired) electrons. The molecule has 0 amide bonds. The lowest BCUT2D eigenvalue weighted by Gasteiger charge is -2.06. The van der Waals surface area contributed by atoms with E-state index in [0.29, 0.717) is 0 Å². The van der Waals surface area contributed by atoms with E-state index in [-0.39, 0.29) is 0 Å². The fourth-order valence-electron chi connectivity index (χ4n) is 0.390. The average Bonchev–Trinajstić information content (AvgIpc) is 1.94. The molecule has 1 aliphatic heterocycles. The molecule has 0 unspecified atom stereocenters. The van der Waals surface area contributed by atoms with Gasteiger partial charge in [-0.15, -0.1) is 11.8 Å². The summed E-state index contributed by atoms with van der Waals surface area (Å²) >= 11 is 1.73. The molecule has 0 atom stereocenters. The molecule has 0 aliphatic carbocycles. The summed E-state index contributed by atoms with van der Waals surface area (Å²) in [4.78, 5) is 0. The summed E-state index contributed by atoms with van der Waals surface area (Å²) in [6.45, 7) is 7.71. The molecule has 9 heavy (non-hydrogen) atoms. The van der Waals surface area contributed by atoms with Crippen LogP contribution in [0.5, 0.6) is 0 Å². The summed E-state index contributed by atoms with van der Waals surface area (Å²) in [5, 5.41) is 4.01. The molecular weight excluding hydrogens is 130 g/mol. The number of nitrogens with one attached hydrogen (secondary N) is 1. The number of hydrogen-bond acceptors (Lipinski definition) is 2. The third-order valence-corrected chi connectivity index (χ3v) is 1.54. The Bertz CT molecular complexity index is 107. The lowest BCUT2D eigenvalue weighted by atomic mass is 10.7. The third-order valence-electron chi connectivity index (χ3n) is 0.716. The number of rotatable bonds is 0. The first-order chi connectivity index (χ1) is 4.39. The summed E-state index contributed by atoms with van der Waals surface area (Å²) in [5.74, 6) is 1.06. The fourth-order valence-corrected chi connectivity index (χ4v) is 0.935. The maximum Gasteiger partial charge on any atom is 0.0650 e. The van der Waals surface area contributed by atoms with Crippen molar-refractivity contribution in [2.24, 2.45) is 0 Å². The summed E-state index contributed by atoms with van der Waals surface area (Å²) < 4.78 is 0. The molecule has 0 saturated carbocycles. The monoisotopic (exact) mass is 143 g/mol. The van der Waals surface area contributed by atoms with E-state index in [2.05, 4.69) is 18.0 Å². The molecule has 0 saturated heterocycles. The number of hydrogen-bond donors (Lipinski definition) is 1. The van der Waals surface area contributed by atoms with E-state index in [1.165, 1.54) is 0 Å². The molecule has 1 N–H and O–H groups in total. The van der Waals surface area contributed by atoms with Crippen LogP contribution in [0.4, 0.5) is 0 Å². The Kier molecular flexibility index (Phi) is 5.52. The molecule has 0 spiro atoms. The molecule has 1 rings (SSSR count). The highest BCUT2D eigenvalue weighted by Crippen LogP contribution is 2.12. The van der Waals surface area contributed by atoms with E-state index in [0.717, 1.165) is 10.8 Å². The minimum atomic E-state index is 1.04. The van der Waals surface area contributed by atoms with E-state index in [1.807, 2.05) is 20.0 Å². The van der Waals surface area contributed by atoms with E-state index in [1.54, 1.807) is 11.8 Å². The second-order valence-corrected chi connectivity index (χ2v) is 2.40. The van der Waals surface area contributed by atoms with Gasteiger partial charge in [-0.05, 0) is 6.20 Å². The quantitative estimate of drug-likeness (QED) is 0.558. The van der Waals surface area contributed by atoms with E-state index in [4.69, 9.17) is 0 Å². The normalized spacial score (nSPS) is 15.6. The lowest BCUT2D eigenvalue weighted by molar-refractivity contribution is 1.16. The zero-order valence-electron chi connectivity index (χ0n) is 5.98. The van der Waals surface area contributed by atoms with Gasteiger partial charge in [-0.1, -0.05) is 26.5 Å². The molecule has 0 fully saturated rings. The zero-order chi connectivity index (χ0) is 7.11. The van der Waals surface area contributed by atoms with Gasteiger partial charge in [-0.2, -0.15) is 0 Å². The van der Waals surface area contributed by atoms with Gasteiger partial charge in [0.2, 0.25) is 0 Å². The Balaban J connectivity index is 0.000000291. The zero-order valence-corrected chi connectivity index (χ0v) is 6.79. The second kappa shape index (κ2) is 5.76. The van der Waals surface area contributed by atoms with Crippen molar-refractivity contribution in [3.8, 4) is 0 Å². The smallest absolute Gasteiger partial charge is 0.0650 e. The Hall–Kier alpha value is -0.370. The molecular formula is C7H13NS. The Morgan fingerprint density at radius 1 is 1.67 bits per heavy atom. The highest BCUT2D eigenvalue weighted by Gasteiger charge is 1.92. The topological polar surface area (TPSA) is 12.0 Å². The highest BCUT2D eigenvalue weighted by molar-refractivity contribution is 8.03. The lowest BCUT2D eigenvalue weighted by Crippen LogP contribution is -2.03. The van der Waals surface area contributed by atoms with Gasteiger partial charge in [0.1, 0.15) is 0 Å². The van der Waals surface area contributed by atoms with Crippen molar-refractivity contribution in [1.29, 1.82) is 0 Å². The van der Waals surface area contributed by atoms with Crippen molar-refractivity contribution in [1.82, 2.24) is 5.32 Å². The van der Waals surface area contributed by atoms with Gasteiger partial charge in [0.05, 0.1) is 5.03 Å². The van der Waals surface area contributed by atoms with Crippen LogP contribution in [0.25, 0.3) is 0 Å². The molecule has 0 aromatic carbocycles. The minimum absolute atomic E-state index is 1.04. The van der Waals surface area contributed by atoms with Crippen molar-refractivity contribution in [3.63, 3.8) is 0 Å². The van der Waals surface area contributed by atoms with Gasteiger partial charge < -0.3 is 5.32 Å². The molecule has 2 heteroatoms. The molecule has 0 bridgehead atoms. The van der Waals surface area contributed by atoms with Crippen LogP contribution >= 0.6 is 11.8 Å². The van der Waals surface area contributed by atoms with Gasteiger partial charge in [-0.25, -0.2) is 0 Å². The predicted octanol–water partition coefficient (Wildman–Crippen LogP) is 2.33. The van der Waals surface area contributed by atoms with Crippen molar-refractivity contribution >= 4 is 11.8 Å². The Morgan fingerprint density at radius 2 is 2.33 bits per heavy atom. The van der Waals surface area contributed by atoms with Crippen LogP contribution in [0.3, 0.4) is 0 Å². The van der Waals surface area contributed by atoms with Crippen LogP contribution in [-0.2, 0) is 0 Å². The summed E-state index contributed by atoms with van der Waals surface area (Å²) in [6, 6.07) is 0. The second-order valence-electron chi connectivity index (χ2n) is 1.28. The Labute approximate surface area is 61.2 Å². The van der Waals surface area contributed by atoms with Gasteiger partial charge in [0, 0.05) is 5.75 Å². The summed E-state index contributed by atoms with van der Waals surface area (Å²) in [6.07, 6.45) is 3.98. The average molecular weight is 143 g/mol. The largest absolute Gasteiger partial charge is 0.357 e. The third kappa shape index (κ3) is 4.15. The maximum absolute atomic E-state index is 3.71. The molecule has 0 aromatic rings. The van der Waals surface area contributed by atoms with Crippen molar-refractivity contribution in [2.45, 2.75) is 13.8 Å². The first-order valence-corrected chi connectivity index (χ1v) is 4.11. The van der Waals surface area contributed by atoms with E-state index < -0.39 is 0 Å². The van der Waals surface area contributed by atoms with Crippen LogP contribution in [0.2, 0.25) is 0 Å². The highest BCUT2D eigenvalue weighted by atomic mass is 32.2. The van der Waals surface area contributed by atoms with Crippen molar-refractivity contribution in [3.05, 3.63) is 23.9 Å².